The van der Waals surface area contributed by atoms with Crippen LogP contribution in [0.5, 0.6) is 0 Å². The van der Waals surface area contributed by atoms with Gasteiger partial charge in [-0.05, 0) is 43.3 Å². The Bertz CT molecular complexity index is 892. The highest BCUT2D eigenvalue weighted by Crippen LogP contribution is 2.21. The molecule has 136 valence electrons. The van der Waals surface area contributed by atoms with Gasteiger partial charge in [0.1, 0.15) is 5.82 Å². The Morgan fingerprint density at radius 1 is 1.19 bits per heavy atom. The zero-order valence-electron chi connectivity index (χ0n) is 15.0. The van der Waals surface area contributed by atoms with Gasteiger partial charge in [0.25, 0.3) is 0 Å². The first-order valence-electron chi connectivity index (χ1n) is 8.65. The van der Waals surface area contributed by atoms with E-state index in [-0.39, 0.29) is 5.91 Å². The first-order valence-corrected chi connectivity index (χ1v) is 10.0. The van der Waals surface area contributed by atoms with E-state index in [2.05, 4.69) is 17.6 Å². The number of imidazole rings is 1. The number of halogens is 1. The third kappa shape index (κ3) is 4.40. The van der Waals surface area contributed by atoms with Gasteiger partial charge in [0.2, 0.25) is 5.91 Å². The molecule has 0 radical (unpaired) electrons. The third-order valence-electron chi connectivity index (χ3n) is 4.25. The Morgan fingerprint density at radius 3 is 2.65 bits per heavy atom. The molecule has 26 heavy (non-hydrogen) atoms. The number of nitrogens with zero attached hydrogens (tertiary/aromatic N) is 3. The molecule has 6 heteroatoms. The van der Waals surface area contributed by atoms with Crippen molar-refractivity contribution in [3.63, 3.8) is 0 Å². The predicted molar refractivity (Wildman–Crippen MR) is 109 cm³/mol. The number of amides is 1. The topological polar surface area (TPSA) is 38.1 Å². The second-order valence-electron chi connectivity index (χ2n) is 6.06. The summed E-state index contributed by atoms with van der Waals surface area (Å²) in [7, 11) is 1.84. The van der Waals surface area contributed by atoms with Gasteiger partial charge in [0.15, 0.2) is 0 Å². The molecule has 0 bridgehead atoms. The molecule has 2 aromatic carbocycles. The fourth-order valence-corrected chi connectivity index (χ4v) is 3.84. The number of hydrogen-bond donors (Lipinski definition) is 0. The molecule has 0 N–H and O–H groups in total. The SMILES string of the molecule is CCn1c(CN(C)C(=O)CCSc2ccc(Cl)cc2)nc2ccccc21. The molecule has 0 atom stereocenters. The van der Waals surface area contributed by atoms with Gasteiger partial charge in [0.05, 0.1) is 17.6 Å². The summed E-state index contributed by atoms with van der Waals surface area (Å²) in [5, 5.41) is 0.726. The van der Waals surface area contributed by atoms with Crippen molar-refractivity contribution in [1.82, 2.24) is 14.5 Å². The number of aryl methyl sites for hydroxylation is 1. The molecule has 3 rings (SSSR count). The number of thioether (sulfide) groups is 1. The van der Waals surface area contributed by atoms with Crippen molar-refractivity contribution in [3.8, 4) is 0 Å². The molecule has 0 aliphatic heterocycles. The van der Waals surface area contributed by atoms with Gasteiger partial charge in [-0.3, -0.25) is 4.79 Å². The van der Waals surface area contributed by atoms with Crippen LogP contribution in [-0.4, -0.2) is 33.2 Å². The molecule has 4 nitrogen and oxygen atoms in total. The van der Waals surface area contributed by atoms with Gasteiger partial charge in [-0.25, -0.2) is 4.98 Å². The van der Waals surface area contributed by atoms with E-state index in [9.17, 15) is 4.79 Å². The van der Waals surface area contributed by atoms with Crippen molar-refractivity contribution < 1.29 is 4.79 Å². The van der Waals surface area contributed by atoms with Crippen LogP contribution < -0.4 is 0 Å². The normalized spacial score (nSPS) is 11.0. The molecule has 0 saturated carbocycles. The van der Waals surface area contributed by atoms with Crippen molar-refractivity contribution in [2.45, 2.75) is 31.3 Å². The fraction of sp³-hybridized carbons (Fsp3) is 0.300. The predicted octanol–water partition coefficient (Wildman–Crippen LogP) is 4.85. The van der Waals surface area contributed by atoms with Crippen molar-refractivity contribution in [3.05, 3.63) is 59.4 Å². The second-order valence-corrected chi connectivity index (χ2v) is 7.67. The quantitative estimate of drug-likeness (QED) is 0.544. The lowest BCUT2D eigenvalue weighted by atomic mass is 10.3. The average molecular weight is 388 g/mol. The Morgan fingerprint density at radius 2 is 1.92 bits per heavy atom. The summed E-state index contributed by atoms with van der Waals surface area (Å²) in [6, 6.07) is 15.8. The number of para-hydroxylation sites is 2. The number of rotatable bonds is 7. The molecule has 0 aliphatic rings. The van der Waals surface area contributed by atoms with Crippen molar-refractivity contribution in [2.24, 2.45) is 0 Å². The molecule has 0 saturated heterocycles. The fourth-order valence-electron chi connectivity index (χ4n) is 2.88. The minimum absolute atomic E-state index is 0.126. The third-order valence-corrected chi connectivity index (χ3v) is 5.52. The lowest BCUT2D eigenvalue weighted by molar-refractivity contribution is -0.130. The summed E-state index contributed by atoms with van der Waals surface area (Å²) >= 11 is 7.56. The highest BCUT2D eigenvalue weighted by atomic mass is 35.5. The monoisotopic (exact) mass is 387 g/mol. The summed E-state index contributed by atoms with van der Waals surface area (Å²) in [5.41, 5.74) is 2.09. The minimum Gasteiger partial charge on any atom is -0.338 e. The lowest BCUT2D eigenvalue weighted by Crippen LogP contribution is -2.28. The van der Waals surface area contributed by atoms with Crippen LogP contribution in [0.4, 0.5) is 0 Å². The summed E-state index contributed by atoms with van der Waals surface area (Å²) in [6.07, 6.45) is 0.496. The van der Waals surface area contributed by atoms with Crippen LogP contribution in [0.1, 0.15) is 19.2 Å². The maximum atomic E-state index is 12.5. The summed E-state index contributed by atoms with van der Waals surface area (Å²) in [5.74, 6) is 1.80. The van der Waals surface area contributed by atoms with Crippen LogP contribution in [0.25, 0.3) is 11.0 Å². The Kier molecular flexibility index (Phi) is 6.22. The van der Waals surface area contributed by atoms with E-state index in [1.54, 1.807) is 16.7 Å². The molecule has 0 unspecified atom stereocenters. The van der Waals surface area contributed by atoms with E-state index < -0.39 is 0 Å². The number of benzene rings is 2. The van der Waals surface area contributed by atoms with E-state index in [4.69, 9.17) is 16.6 Å². The van der Waals surface area contributed by atoms with Gasteiger partial charge in [-0.15, -0.1) is 11.8 Å². The number of aromatic nitrogens is 2. The maximum Gasteiger partial charge on any atom is 0.223 e. The zero-order valence-corrected chi connectivity index (χ0v) is 16.6. The summed E-state index contributed by atoms with van der Waals surface area (Å²) in [4.78, 5) is 20.0. The highest BCUT2D eigenvalue weighted by Gasteiger charge is 2.15. The molecule has 1 amide bonds. The first-order chi connectivity index (χ1) is 12.6. The molecular formula is C20H22ClN3OS. The van der Waals surface area contributed by atoms with Crippen LogP contribution in [0.2, 0.25) is 5.02 Å². The van der Waals surface area contributed by atoms with E-state index >= 15 is 0 Å². The zero-order chi connectivity index (χ0) is 18.5. The molecule has 3 aromatic rings. The molecule has 1 aromatic heterocycles. The number of hydrogen-bond acceptors (Lipinski definition) is 3. The van der Waals surface area contributed by atoms with E-state index in [1.165, 1.54) is 0 Å². The Hall–Kier alpha value is -1.98. The maximum absolute atomic E-state index is 12.5. The van der Waals surface area contributed by atoms with Crippen LogP contribution in [0.3, 0.4) is 0 Å². The average Bonchev–Trinajstić information content (AvgIpc) is 3.00. The van der Waals surface area contributed by atoms with Crippen molar-refractivity contribution in [2.75, 3.05) is 12.8 Å². The van der Waals surface area contributed by atoms with Crippen LogP contribution in [-0.2, 0) is 17.9 Å². The van der Waals surface area contributed by atoms with Gasteiger partial charge < -0.3 is 9.47 Å². The molecular weight excluding hydrogens is 366 g/mol. The number of carbonyl (C=O) groups is 1. The molecule has 1 heterocycles. The van der Waals surface area contributed by atoms with Crippen LogP contribution in [0.15, 0.2) is 53.4 Å². The molecule has 0 spiro atoms. The minimum atomic E-state index is 0.126. The first kappa shape index (κ1) is 18.8. The van der Waals surface area contributed by atoms with Crippen molar-refractivity contribution in [1.29, 1.82) is 0 Å². The smallest absolute Gasteiger partial charge is 0.223 e. The molecule has 0 aliphatic carbocycles. The number of carbonyl (C=O) groups excluding carboxylic acids is 1. The van der Waals surface area contributed by atoms with Crippen LogP contribution in [0, 0.1) is 0 Å². The Labute approximate surface area is 163 Å². The standard InChI is InChI=1S/C20H22ClN3OS/c1-3-24-18-7-5-4-6-17(18)22-19(24)14-23(2)20(25)12-13-26-16-10-8-15(21)9-11-16/h4-11H,3,12-14H2,1-2H3. The second kappa shape index (κ2) is 8.60. The summed E-state index contributed by atoms with van der Waals surface area (Å²) in [6.45, 7) is 3.46. The van der Waals surface area contributed by atoms with Crippen molar-refractivity contribution >= 4 is 40.3 Å². The van der Waals surface area contributed by atoms with Gasteiger partial charge in [-0.1, -0.05) is 23.7 Å². The van der Waals surface area contributed by atoms with E-state index in [1.807, 2.05) is 49.5 Å². The van der Waals surface area contributed by atoms with Crippen LogP contribution >= 0.6 is 23.4 Å². The largest absolute Gasteiger partial charge is 0.338 e. The van der Waals surface area contributed by atoms with Gasteiger partial charge in [-0.2, -0.15) is 0 Å². The lowest BCUT2D eigenvalue weighted by Gasteiger charge is -2.17. The van der Waals surface area contributed by atoms with Gasteiger partial charge in [0, 0.05) is 35.7 Å². The summed E-state index contributed by atoms with van der Waals surface area (Å²) < 4.78 is 2.17. The van der Waals surface area contributed by atoms with E-state index in [0.717, 1.165) is 39.1 Å². The van der Waals surface area contributed by atoms with Gasteiger partial charge >= 0.3 is 0 Å². The highest BCUT2D eigenvalue weighted by molar-refractivity contribution is 7.99. The Balaban J connectivity index is 1.58. The molecule has 0 fully saturated rings. The van der Waals surface area contributed by atoms with E-state index in [0.29, 0.717) is 13.0 Å². The number of fused-ring (bicyclic) bond motifs is 1.